The Bertz CT molecular complexity index is 1410. The smallest absolute Gasteiger partial charge is 0.209 e. The number of nitrogens with zero attached hydrogens (tertiary/aromatic N) is 3. The summed E-state index contributed by atoms with van der Waals surface area (Å²) in [6.45, 7) is 1.93. The van der Waals surface area contributed by atoms with Crippen LogP contribution in [0, 0.1) is 6.92 Å². The van der Waals surface area contributed by atoms with Gasteiger partial charge in [0, 0.05) is 34.5 Å². The third-order valence-electron chi connectivity index (χ3n) is 4.71. The fraction of sp³-hybridized carbons (Fsp3) is 0.0476. The monoisotopic (exact) mass is 387 g/mol. The van der Waals surface area contributed by atoms with Crippen molar-refractivity contribution in [1.29, 1.82) is 0 Å². The number of pyridine rings is 1. The molecule has 2 aromatic carbocycles. The number of aryl methyl sites for hydroxylation is 1. The van der Waals surface area contributed by atoms with Crippen molar-refractivity contribution in [1.82, 2.24) is 25.1 Å². The minimum Gasteiger partial charge on any atom is -0.345 e. The number of H-pyrrole nitrogens is 2. The lowest BCUT2D eigenvalue weighted by molar-refractivity contribution is 1.07. The SMILES string of the molecule is Cc1[nH]nc2c(Cl)cc(-c3nc4c(=O)cc[nH]c4nc3-c3ccccc3)cc12. The molecule has 0 amide bonds. The van der Waals surface area contributed by atoms with Crippen LogP contribution in [0.25, 0.3) is 44.6 Å². The summed E-state index contributed by atoms with van der Waals surface area (Å²) in [5.41, 5.74) is 5.11. The summed E-state index contributed by atoms with van der Waals surface area (Å²) in [7, 11) is 0. The molecule has 3 heterocycles. The molecule has 0 unspecified atom stereocenters. The lowest BCUT2D eigenvalue weighted by Gasteiger charge is -2.11. The first-order valence-electron chi connectivity index (χ1n) is 8.71. The number of benzene rings is 2. The van der Waals surface area contributed by atoms with Gasteiger partial charge in [0.2, 0.25) is 5.43 Å². The molecule has 0 spiro atoms. The molecule has 5 aromatic rings. The summed E-state index contributed by atoms with van der Waals surface area (Å²) >= 11 is 6.47. The number of rotatable bonds is 2. The topological polar surface area (TPSA) is 87.3 Å². The maximum absolute atomic E-state index is 12.3. The van der Waals surface area contributed by atoms with Gasteiger partial charge in [0.15, 0.2) is 11.2 Å². The molecule has 7 heteroatoms. The second-order valence-corrected chi connectivity index (χ2v) is 6.94. The largest absolute Gasteiger partial charge is 0.345 e. The molecule has 0 fully saturated rings. The number of hydrogen-bond acceptors (Lipinski definition) is 4. The average molecular weight is 388 g/mol. The molecule has 28 heavy (non-hydrogen) atoms. The summed E-state index contributed by atoms with van der Waals surface area (Å²) in [4.78, 5) is 24.8. The Hall–Kier alpha value is -3.51. The third kappa shape index (κ3) is 2.58. The van der Waals surface area contributed by atoms with E-state index in [0.717, 1.165) is 22.2 Å². The molecular formula is C21H14ClN5O. The Labute approximate surface area is 164 Å². The van der Waals surface area contributed by atoms with Crippen LogP contribution in [0.2, 0.25) is 5.02 Å². The van der Waals surface area contributed by atoms with Crippen molar-refractivity contribution in [2.45, 2.75) is 6.92 Å². The molecule has 5 rings (SSSR count). The second kappa shape index (κ2) is 6.28. The van der Waals surface area contributed by atoms with E-state index in [0.29, 0.717) is 27.6 Å². The van der Waals surface area contributed by atoms with E-state index in [1.54, 1.807) is 6.20 Å². The van der Waals surface area contributed by atoms with Crippen molar-refractivity contribution in [3.63, 3.8) is 0 Å². The van der Waals surface area contributed by atoms with Gasteiger partial charge < -0.3 is 4.98 Å². The number of fused-ring (bicyclic) bond motifs is 2. The van der Waals surface area contributed by atoms with Crippen molar-refractivity contribution in [3.8, 4) is 22.5 Å². The predicted octanol–water partition coefficient (Wildman–Crippen LogP) is 4.49. The van der Waals surface area contributed by atoms with E-state index in [-0.39, 0.29) is 10.9 Å². The lowest BCUT2D eigenvalue weighted by Crippen LogP contribution is -2.06. The maximum atomic E-state index is 12.3. The zero-order valence-electron chi connectivity index (χ0n) is 14.8. The molecule has 136 valence electrons. The van der Waals surface area contributed by atoms with Gasteiger partial charge >= 0.3 is 0 Å². The summed E-state index contributed by atoms with van der Waals surface area (Å²) in [6, 6.07) is 15.0. The lowest BCUT2D eigenvalue weighted by atomic mass is 10.0. The van der Waals surface area contributed by atoms with Gasteiger partial charge in [-0.1, -0.05) is 41.9 Å². The molecule has 0 saturated carbocycles. The Morgan fingerprint density at radius 2 is 1.71 bits per heavy atom. The molecule has 0 atom stereocenters. The third-order valence-corrected chi connectivity index (χ3v) is 5.00. The van der Waals surface area contributed by atoms with Crippen molar-refractivity contribution >= 4 is 33.7 Å². The van der Waals surface area contributed by atoms with Gasteiger partial charge in [-0.15, -0.1) is 0 Å². The van der Waals surface area contributed by atoms with E-state index in [1.165, 1.54) is 6.07 Å². The van der Waals surface area contributed by atoms with Crippen LogP contribution in [0.4, 0.5) is 0 Å². The van der Waals surface area contributed by atoms with E-state index >= 15 is 0 Å². The van der Waals surface area contributed by atoms with Crippen LogP contribution in [-0.2, 0) is 0 Å². The van der Waals surface area contributed by atoms with Crippen molar-refractivity contribution in [3.05, 3.63) is 75.7 Å². The van der Waals surface area contributed by atoms with Gasteiger partial charge in [0.1, 0.15) is 5.52 Å². The normalized spacial score (nSPS) is 11.4. The van der Waals surface area contributed by atoms with Gasteiger partial charge in [0.25, 0.3) is 0 Å². The number of nitrogens with one attached hydrogen (secondary N) is 2. The van der Waals surface area contributed by atoms with Crippen LogP contribution in [0.5, 0.6) is 0 Å². The van der Waals surface area contributed by atoms with E-state index in [1.807, 2.05) is 49.4 Å². The molecule has 0 aliphatic heterocycles. The van der Waals surface area contributed by atoms with E-state index in [4.69, 9.17) is 16.6 Å². The van der Waals surface area contributed by atoms with Crippen molar-refractivity contribution in [2.24, 2.45) is 0 Å². The summed E-state index contributed by atoms with van der Waals surface area (Å²) < 4.78 is 0. The van der Waals surface area contributed by atoms with E-state index in [9.17, 15) is 4.79 Å². The summed E-state index contributed by atoms with van der Waals surface area (Å²) in [5.74, 6) is 0. The Morgan fingerprint density at radius 1 is 0.929 bits per heavy atom. The van der Waals surface area contributed by atoms with Gasteiger partial charge in [-0.25, -0.2) is 9.97 Å². The molecule has 0 saturated heterocycles. The van der Waals surface area contributed by atoms with Crippen LogP contribution >= 0.6 is 11.6 Å². The molecule has 6 nitrogen and oxygen atoms in total. The van der Waals surface area contributed by atoms with Crippen LogP contribution in [0.15, 0.2) is 59.5 Å². The van der Waals surface area contributed by atoms with Crippen LogP contribution in [-0.4, -0.2) is 25.1 Å². The quantitative estimate of drug-likeness (QED) is 0.467. The average Bonchev–Trinajstić information content (AvgIpc) is 3.09. The van der Waals surface area contributed by atoms with Crippen LogP contribution in [0.1, 0.15) is 5.69 Å². The molecule has 0 radical (unpaired) electrons. The highest BCUT2D eigenvalue weighted by molar-refractivity contribution is 6.35. The maximum Gasteiger partial charge on any atom is 0.209 e. The Morgan fingerprint density at radius 3 is 2.54 bits per heavy atom. The zero-order valence-corrected chi connectivity index (χ0v) is 15.6. The highest BCUT2D eigenvalue weighted by Gasteiger charge is 2.17. The minimum atomic E-state index is -0.186. The first kappa shape index (κ1) is 16.6. The molecule has 0 bridgehead atoms. The van der Waals surface area contributed by atoms with Crippen molar-refractivity contribution in [2.75, 3.05) is 0 Å². The summed E-state index contributed by atoms with van der Waals surface area (Å²) in [5, 5.41) is 8.63. The Balaban J connectivity index is 1.89. The van der Waals surface area contributed by atoms with Crippen molar-refractivity contribution < 1.29 is 0 Å². The van der Waals surface area contributed by atoms with Gasteiger partial charge in [-0.05, 0) is 19.1 Å². The first-order chi connectivity index (χ1) is 13.6. The molecular weight excluding hydrogens is 374 g/mol. The molecule has 3 aromatic heterocycles. The fourth-order valence-electron chi connectivity index (χ4n) is 3.32. The standard InChI is InChI=1S/C21H14ClN5O/c1-11-14-9-13(10-15(22)19(14)27-26-11)18-17(12-5-3-2-4-6-12)25-21-20(24-18)16(28)7-8-23-21/h2-10H,1H3,(H,26,27)(H,23,25,28). The molecule has 0 aliphatic carbocycles. The van der Waals surface area contributed by atoms with Gasteiger partial charge in [-0.2, -0.15) is 5.10 Å². The highest BCUT2D eigenvalue weighted by Crippen LogP contribution is 2.35. The minimum absolute atomic E-state index is 0.186. The van der Waals surface area contributed by atoms with Gasteiger partial charge in [-0.3, -0.25) is 9.89 Å². The zero-order chi connectivity index (χ0) is 19.3. The predicted molar refractivity (Wildman–Crippen MR) is 110 cm³/mol. The second-order valence-electron chi connectivity index (χ2n) is 6.53. The fourth-order valence-corrected chi connectivity index (χ4v) is 3.58. The van der Waals surface area contributed by atoms with E-state index in [2.05, 4.69) is 20.2 Å². The highest BCUT2D eigenvalue weighted by atomic mass is 35.5. The molecule has 0 aliphatic rings. The van der Waals surface area contributed by atoms with E-state index < -0.39 is 0 Å². The molecule has 2 N–H and O–H groups in total. The van der Waals surface area contributed by atoms with Gasteiger partial charge in [0.05, 0.1) is 16.4 Å². The van der Waals surface area contributed by atoms with Crippen LogP contribution in [0.3, 0.4) is 0 Å². The summed E-state index contributed by atoms with van der Waals surface area (Å²) in [6.07, 6.45) is 1.57. The Kier molecular flexibility index (Phi) is 3.74. The van der Waals surface area contributed by atoms with Crippen LogP contribution < -0.4 is 5.43 Å². The number of hydrogen-bond donors (Lipinski definition) is 2. The number of aromatic amines is 2. The number of aromatic nitrogens is 5. The first-order valence-corrected chi connectivity index (χ1v) is 9.09. The number of halogens is 1.